The molecule has 0 bridgehead atoms. The van der Waals surface area contributed by atoms with E-state index in [1.54, 1.807) is 0 Å². The number of benzene rings is 1. The number of rotatable bonds is 5. The number of ether oxygens (including phenoxy) is 1. The Morgan fingerprint density at radius 3 is 2.76 bits per heavy atom. The van der Waals surface area contributed by atoms with Crippen molar-refractivity contribution in [2.24, 2.45) is 7.05 Å². The van der Waals surface area contributed by atoms with E-state index in [1.165, 1.54) is 11.8 Å². The van der Waals surface area contributed by atoms with Gasteiger partial charge in [-0.15, -0.1) is 0 Å². The van der Waals surface area contributed by atoms with Gasteiger partial charge < -0.3 is 10.1 Å². The lowest BCUT2D eigenvalue weighted by Crippen LogP contribution is -2.42. The highest BCUT2D eigenvalue weighted by Crippen LogP contribution is 2.31. The quantitative estimate of drug-likeness (QED) is 0.414. The molecule has 4 aromatic rings. The third-order valence-electron chi connectivity index (χ3n) is 7.47. The molecular formula is C28H32FN7O. The van der Waals surface area contributed by atoms with Crippen molar-refractivity contribution >= 4 is 22.7 Å². The third-order valence-corrected chi connectivity index (χ3v) is 7.47. The van der Waals surface area contributed by atoms with Crippen molar-refractivity contribution in [3.05, 3.63) is 59.3 Å². The van der Waals surface area contributed by atoms with Crippen LogP contribution in [-0.4, -0.2) is 55.4 Å². The van der Waals surface area contributed by atoms with Gasteiger partial charge in [0.15, 0.2) is 5.82 Å². The van der Waals surface area contributed by atoms with Crippen molar-refractivity contribution in [3.63, 3.8) is 0 Å². The van der Waals surface area contributed by atoms with Gasteiger partial charge in [-0.1, -0.05) is 26.0 Å². The lowest BCUT2D eigenvalue weighted by atomic mass is 10.00. The van der Waals surface area contributed by atoms with E-state index in [4.69, 9.17) is 9.72 Å². The van der Waals surface area contributed by atoms with E-state index in [-0.39, 0.29) is 11.6 Å². The molecule has 2 aliphatic heterocycles. The Morgan fingerprint density at radius 1 is 1.11 bits per heavy atom. The van der Waals surface area contributed by atoms with Gasteiger partial charge in [0.2, 0.25) is 5.95 Å². The Morgan fingerprint density at radius 2 is 1.95 bits per heavy atom. The molecule has 8 nitrogen and oxygen atoms in total. The van der Waals surface area contributed by atoms with Crippen LogP contribution in [0, 0.1) is 5.82 Å². The number of halogens is 1. The van der Waals surface area contributed by atoms with Gasteiger partial charge in [0, 0.05) is 68.2 Å². The van der Waals surface area contributed by atoms with Crippen molar-refractivity contribution in [2.75, 3.05) is 25.1 Å². The number of anilines is 2. The van der Waals surface area contributed by atoms with Crippen LogP contribution in [0.2, 0.25) is 0 Å². The van der Waals surface area contributed by atoms with Gasteiger partial charge in [-0.3, -0.25) is 9.58 Å². The van der Waals surface area contributed by atoms with Crippen LogP contribution in [0.4, 0.5) is 16.2 Å². The molecule has 6 rings (SSSR count). The molecule has 5 heterocycles. The Balaban J connectivity index is 1.24. The lowest BCUT2D eigenvalue weighted by molar-refractivity contribution is 0.0288. The molecule has 0 atom stereocenters. The Hall–Kier alpha value is -3.43. The molecule has 0 spiro atoms. The number of nitrogens with zero attached hydrogens (tertiary/aromatic N) is 6. The number of hydrogen-bond acceptors (Lipinski definition) is 7. The first-order chi connectivity index (χ1) is 18.0. The summed E-state index contributed by atoms with van der Waals surface area (Å²) in [5.74, 6) is 0.808. The van der Waals surface area contributed by atoms with Crippen molar-refractivity contribution in [3.8, 4) is 11.3 Å². The van der Waals surface area contributed by atoms with E-state index in [0.717, 1.165) is 67.9 Å². The van der Waals surface area contributed by atoms with Crippen molar-refractivity contribution in [2.45, 2.75) is 51.6 Å². The summed E-state index contributed by atoms with van der Waals surface area (Å²) in [4.78, 5) is 16.1. The molecule has 0 unspecified atom stereocenters. The fourth-order valence-corrected chi connectivity index (χ4v) is 5.66. The molecule has 0 aliphatic carbocycles. The molecule has 1 fully saturated rings. The van der Waals surface area contributed by atoms with Crippen LogP contribution >= 0.6 is 0 Å². The number of pyridine rings is 1. The van der Waals surface area contributed by atoms with E-state index < -0.39 is 5.82 Å². The molecule has 1 aromatic carbocycles. The molecule has 0 saturated carbocycles. The summed E-state index contributed by atoms with van der Waals surface area (Å²) in [6, 6.07) is 10.4. The maximum atomic E-state index is 14.9. The van der Waals surface area contributed by atoms with Crippen LogP contribution in [0.1, 0.15) is 49.6 Å². The molecule has 3 aromatic heterocycles. The molecular weight excluding hydrogens is 469 g/mol. The Kier molecular flexibility index (Phi) is 6.34. The normalized spacial score (nSPS) is 16.9. The summed E-state index contributed by atoms with van der Waals surface area (Å²) < 4.78 is 22.3. The summed E-state index contributed by atoms with van der Waals surface area (Å²) in [6.45, 7) is 7.88. The number of fused-ring (bicyclic) bond motifs is 2. The number of aryl methyl sites for hydroxylation is 1. The third kappa shape index (κ3) is 4.69. The first-order valence-electron chi connectivity index (χ1n) is 13.0. The van der Waals surface area contributed by atoms with Gasteiger partial charge in [0.1, 0.15) is 11.5 Å². The van der Waals surface area contributed by atoms with Crippen LogP contribution in [0.3, 0.4) is 0 Å². The maximum absolute atomic E-state index is 14.9. The molecule has 2 aliphatic rings. The van der Waals surface area contributed by atoms with Gasteiger partial charge >= 0.3 is 0 Å². The number of hydrogen-bond donors (Lipinski definition) is 1. The molecule has 192 valence electrons. The highest BCUT2D eigenvalue weighted by Gasteiger charge is 2.26. The summed E-state index contributed by atoms with van der Waals surface area (Å²) >= 11 is 0. The van der Waals surface area contributed by atoms with Crippen LogP contribution in [0.5, 0.6) is 0 Å². The number of aromatic nitrogens is 5. The Bertz CT molecular complexity index is 1440. The van der Waals surface area contributed by atoms with Crippen molar-refractivity contribution in [1.82, 2.24) is 29.6 Å². The fourth-order valence-electron chi connectivity index (χ4n) is 5.66. The zero-order valence-electron chi connectivity index (χ0n) is 21.5. The topological polar surface area (TPSA) is 81.0 Å². The summed E-state index contributed by atoms with van der Waals surface area (Å²) in [7, 11) is 1.94. The molecule has 37 heavy (non-hydrogen) atoms. The molecule has 9 heteroatoms. The zero-order valence-corrected chi connectivity index (χ0v) is 21.5. The van der Waals surface area contributed by atoms with E-state index in [2.05, 4.69) is 45.2 Å². The minimum atomic E-state index is -0.466. The molecule has 0 radical (unpaired) electrons. The van der Waals surface area contributed by atoms with Gasteiger partial charge in [-0.25, -0.2) is 19.3 Å². The van der Waals surface area contributed by atoms with Crippen molar-refractivity contribution < 1.29 is 9.13 Å². The van der Waals surface area contributed by atoms with Crippen LogP contribution in [-0.2, 0) is 24.8 Å². The van der Waals surface area contributed by atoms with E-state index in [1.807, 2.05) is 36.0 Å². The second-order valence-electron chi connectivity index (χ2n) is 10.3. The number of nitrogens with one attached hydrogen (secondary N) is 1. The van der Waals surface area contributed by atoms with E-state index >= 15 is 0 Å². The summed E-state index contributed by atoms with van der Waals surface area (Å²) in [6.07, 6.45) is 4.31. The highest BCUT2D eigenvalue weighted by atomic mass is 19.1. The average molecular weight is 502 g/mol. The van der Waals surface area contributed by atoms with Crippen LogP contribution in [0.15, 0.2) is 36.5 Å². The second-order valence-corrected chi connectivity index (χ2v) is 10.3. The van der Waals surface area contributed by atoms with Gasteiger partial charge in [0.05, 0.1) is 11.7 Å². The highest BCUT2D eigenvalue weighted by molar-refractivity contribution is 5.86. The van der Waals surface area contributed by atoms with Crippen LogP contribution < -0.4 is 5.32 Å². The lowest BCUT2D eigenvalue weighted by Gasteiger charge is -2.37. The second kappa shape index (κ2) is 9.79. The minimum absolute atomic E-state index is 0.253. The van der Waals surface area contributed by atoms with Crippen LogP contribution in [0.25, 0.3) is 22.2 Å². The van der Waals surface area contributed by atoms with Crippen molar-refractivity contribution in [1.29, 1.82) is 0 Å². The SMILES string of the molecule is CC(C)c1c2cc(-c3nc(Nc4ccc5c(n4)CCN(C4CCOCC4)C5)ncc3F)ccc2nn1C. The van der Waals surface area contributed by atoms with Gasteiger partial charge in [0.25, 0.3) is 0 Å². The minimum Gasteiger partial charge on any atom is -0.381 e. The predicted octanol–water partition coefficient (Wildman–Crippen LogP) is 4.97. The molecule has 1 saturated heterocycles. The molecule has 1 N–H and O–H groups in total. The Labute approximate surface area is 215 Å². The monoisotopic (exact) mass is 501 g/mol. The smallest absolute Gasteiger partial charge is 0.229 e. The average Bonchev–Trinajstić information content (AvgIpc) is 3.25. The molecule has 0 amide bonds. The van der Waals surface area contributed by atoms with E-state index in [9.17, 15) is 4.39 Å². The van der Waals surface area contributed by atoms with Gasteiger partial charge in [-0.05, 0) is 42.5 Å². The standard InChI is InChI=1S/C28H32FN7O/c1-17(2)27-21-14-18(4-6-24(21)34-35(27)3)26-22(29)15-30-28(33-26)32-25-7-5-19-16-36(11-8-23(19)31-25)20-9-12-37-13-10-20/h4-7,14-15,17,20H,8-13,16H2,1-3H3,(H,30,31,32,33). The van der Waals surface area contributed by atoms with E-state index in [0.29, 0.717) is 23.4 Å². The largest absolute Gasteiger partial charge is 0.381 e. The summed E-state index contributed by atoms with van der Waals surface area (Å²) in [5.41, 5.74) is 5.29. The first-order valence-corrected chi connectivity index (χ1v) is 13.0. The summed E-state index contributed by atoms with van der Waals surface area (Å²) in [5, 5.41) is 8.79. The predicted molar refractivity (Wildman–Crippen MR) is 141 cm³/mol. The maximum Gasteiger partial charge on any atom is 0.229 e. The first kappa shape index (κ1) is 23.9. The van der Waals surface area contributed by atoms with Gasteiger partial charge in [-0.2, -0.15) is 5.10 Å². The zero-order chi connectivity index (χ0) is 25.5. The fraction of sp³-hybridized carbons (Fsp3) is 0.429.